The molecule has 0 radical (unpaired) electrons. The van der Waals surface area contributed by atoms with E-state index < -0.39 is 11.8 Å². The molecular formula is C18H17FO4. The molecule has 23 heavy (non-hydrogen) atoms. The molecule has 0 bridgehead atoms. The molecule has 1 saturated heterocycles. The van der Waals surface area contributed by atoms with Crippen molar-refractivity contribution in [1.82, 2.24) is 0 Å². The van der Waals surface area contributed by atoms with Crippen molar-refractivity contribution < 1.29 is 23.8 Å². The Morgan fingerprint density at radius 2 is 2.04 bits per heavy atom. The number of hydrogen-bond donors (Lipinski definition) is 1. The molecule has 3 rings (SSSR count). The number of aromatic carboxylic acids is 1. The average molecular weight is 316 g/mol. The Hall–Kier alpha value is -2.40. The van der Waals surface area contributed by atoms with Crippen molar-refractivity contribution >= 4 is 5.97 Å². The zero-order valence-corrected chi connectivity index (χ0v) is 12.5. The number of rotatable bonds is 5. The Labute approximate surface area is 133 Å². The van der Waals surface area contributed by atoms with Gasteiger partial charge in [0.1, 0.15) is 17.1 Å². The van der Waals surface area contributed by atoms with Gasteiger partial charge in [-0.2, -0.15) is 0 Å². The van der Waals surface area contributed by atoms with Crippen molar-refractivity contribution in [1.29, 1.82) is 0 Å². The number of halogens is 1. The van der Waals surface area contributed by atoms with E-state index in [0.29, 0.717) is 29.4 Å². The lowest BCUT2D eigenvalue weighted by Gasteiger charge is -2.11. The maximum atomic E-state index is 13.7. The van der Waals surface area contributed by atoms with Crippen LogP contribution in [0.2, 0.25) is 0 Å². The van der Waals surface area contributed by atoms with Crippen LogP contribution in [-0.2, 0) is 4.74 Å². The molecule has 0 amide bonds. The van der Waals surface area contributed by atoms with Gasteiger partial charge in [-0.15, -0.1) is 0 Å². The van der Waals surface area contributed by atoms with Crippen LogP contribution in [0.25, 0.3) is 11.1 Å². The molecule has 4 nitrogen and oxygen atoms in total. The van der Waals surface area contributed by atoms with Gasteiger partial charge in [-0.05, 0) is 35.7 Å². The van der Waals surface area contributed by atoms with Crippen LogP contribution >= 0.6 is 0 Å². The Morgan fingerprint density at radius 3 is 2.70 bits per heavy atom. The topological polar surface area (TPSA) is 55.8 Å². The summed E-state index contributed by atoms with van der Waals surface area (Å²) in [4.78, 5) is 11.3. The summed E-state index contributed by atoms with van der Waals surface area (Å²) < 4.78 is 24.8. The Balaban J connectivity index is 1.77. The summed E-state index contributed by atoms with van der Waals surface area (Å²) in [6.07, 6.45) is 1.00. The lowest BCUT2D eigenvalue weighted by Crippen LogP contribution is -2.11. The number of carboxylic acid groups (broad SMARTS) is 1. The summed E-state index contributed by atoms with van der Waals surface area (Å²) in [5.41, 5.74) is 0.677. The van der Waals surface area contributed by atoms with Crippen molar-refractivity contribution in [3.63, 3.8) is 0 Å². The number of hydrogen-bond acceptors (Lipinski definition) is 3. The molecule has 0 aliphatic carbocycles. The minimum atomic E-state index is -1.28. The van der Waals surface area contributed by atoms with Gasteiger partial charge < -0.3 is 14.6 Å². The highest BCUT2D eigenvalue weighted by molar-refractivity contribution is 5.96. The summed E-state index contributed by atoms with van der Waals surface area (Å²) in [6, 6.07) is 11.3. The van der Waals surface area contributed by atoms with Crippen LogP contribution in [0, 0.1) is 11.7 Å². The second kappa shape index (κ2) is 6.79. The molecule has 1 aliphatic heterocycles. The monoisotopic (exact) mass is 316 g/mol. The van der Waals surface area contributed by atoms with E-state index in [1.807, 2.05) is 0 Å². The smallest absolute Gasteiger partial charge is 0.339 e. The van der Waals surface area contributed by atoms with Crippen molar-refractivity contribution in [3.05, 3.63) is 53.8 Å². The number of benzene rings is 2. The third-order valence-corrected chi connectivity index (χ3v) is 3.90. The zero-order chi connectivity index (χ0) is 16.2. The van der Waals surface area contributed by atoms with Crippen LogP contribution in [0.5, 0.6) is 5.75 Å². The Kier molecular flexibility index (Phi) is 4.57. The molecule has 2 aromatic rings. The van der Waals surface area contributed by atoms with Crippen LogP contribution in [0.1, 0.15) is 16.8 Å². The van der Waals surface area contributed by atoms with Crippen molar-refractivity contribution in [2.45, 2.75) is 6.42 Å². The minimum Gasteiger partial charge on any atom is -0.493 e. The summed E-state index contributed by atoms with van der Waals surface area (Å²) in [5, 5.41) is 9.19. The highest BCUT2D eigenvalue weighted by atomic mass is 19.1. The van der Waals surface area contributed by atoms with Gasteiger partial charge in [0, 0.05) is 12.5 Å². The third kappa shape index (κ3) is 3.51. The first-order chi connectivity index (χ1) is 11.1. The Morgan fingerprint density at radius 1 is 1.26 bits per heavy atom. The second-order valence-corrected chi connectivity index (χ2v) is 5.53. The van der Waals surface area contributed by atoms with Crippen molar-refractivity contribution in [2.24, 2.45) is 5.92 Å². The summed E-state index contributed by atoms with van der Waals surface area (Å²) in [5.74, 6) is -0.901. The van der Waals surface area contributed by atoms with Gasteiger partial charge in [0.15, 0.2) is 0 Å². The average Bonchev–Trinajstić information content (AvgIpc) is 3.06. The summed E-state index contributed by atoms with van der Waals surface area (Å²) in [7, 11) is 0. The summed E-state index contributed by atoms with van der Waals surface area (Å²) in [6.45, 7) is 2.10. The standard InChI is InChI=1S/C18H17FO4/c19-16-3-1-2-15(17(16)18(20)21)13-4-6-14(7-5-13)23-11-12-8-9-22-10-12/h1-7,12H,8-11H2,(H,20,21). The fraction of sp³-hybridized carbons (Fsp3) is 0.278. The van der Waals surface area contributed by atoms with E-state index in [-0.39, 0.29) is 5.56 Å². The molecule has 0 aromatic heterocycles. The SMILES string of the molecule is O=C(O)c1c(F)cccc1-c1ccc(OCC2CCOC2)cc1. The van der Waals surface area contributed by atoms with Gasteiger partial charge in [0.05, 0.1) is 13.2 Å². The van der Waals surface area contributed by atoms with E-state index in [1.54, 1.807) is 30.3 Å². The van der Waals surface area contributed by atoms with E-state index in [1.165, 1.54) is 6.07 Å². The Bertz CT molecular complexity index is 691. The number of carboxylic acids is 1. The highest BCUT2D eigenvalue weighted by Crippen LogP contribution is 2.28. The molecule has 1 atom stereocenters. The van der Waals surface area contributed by atoms with Gasteiger partial charge in [0.25, 0.3) is 0 Å². The molecule has 1 unspecified atom stereocenters. The molecule has 1 aliphatic rings. The fourth-order valence-corrected chi connectivity index (χ4v) is 2.64. The summed E-state index contributed by atoms with van der Waals surface area (Å²) >= 11 is 0. The first-order valence-corrected chi connectivity index (χ1v) is 7.48. The molecule has 1 fully saturated rings. The van der Waals surface area contributed by atoms with Crippen LogP contribution < -0.4 is 4.74 Å². The van der Waals surface area contributed by atoms with Crippen molar-refractivity contribution in [2.75, 3.05) is 19.8 Å². The molecule has 5 heteroatoms. The van der Waals surface area contributed by atoms with E-state index in [4.69, 9.17) is 9.47 Å². The number of carbonyl (C=O) groups is 1. The van der Waals surface area contributed by atoms with Gasteiger partial charge in [-0.1, -0.05) is 24.3 Å². The predicted molar refractivity (Wildman–Crippen MR) is 83.2 cm³/mol. The van der Waals surface area contributed by atoms with Crippen LogP contribution in [0.15, 0.2) is 42.5 Å². The normalized spacial score (nSPS) is 17.2. The fourth-order valence-electron chi connectivity index (χ4n) is 2.64. The molecule has 1 N–H and O–H groups in total. The molecule has 2 aromatic carbocycles. The first kappa shape index (κ1) is 15.5. The number of ether oxygens (including phenoxy) is 2. The van der Waals surface area contributed by atoms with Crippen LogP contribution in [-0.4, -0.2) is 30.9 Å². The maximum Gasteiger partial charge on any atom is 0.339 e. The van der Waals surface area contributed by atoms with Gasteiger partial charge >= 0.3 is 5.97 Å². The van der Waals surface area contributed by atoms with Gasteiger partial charge in [-0.3, -0.25) is 0 Å². The van der Waals surface area contributed by atoms with E-state index >= 15 is 0 Å². The molecular weight excluding hydrogens is 299 g/mol. The second-order valence-electron chi connectivity index (χ2n) is 5.53. The minimum absolute atomic E-state index is 0.315. The largest absolute Gasteiger partial charge is 0.493 e. The van der Waals surface area contributed by atoms with Crippen molar-refractivity contribution in [3.8, 4) is 16.9 Å². The quantitative estimate of drug-likeness (QED) is 0.915. The molecule has 0 spiro atoms. The third-order valence-electron chi connectivity index (χ3n) is 3.90. The zero-order valence-electron chi connectivity index (χ0n) is 12.5. The van der Waals surface area contributed by atoms with Crippen LogP contribution in [0.3, 0.4) is 0 Å². The molecule has 120 valence electrons. The van der Waals surface area contributed by atoms with Gasteiger partial charge in [0.2, 0.25) is 0 Å². The predicted octanol–water partition coefficient (Wildman–Crippen LogP) is 3.61. The first-order valence-electron chi connectivity index (χ1n) is 7.48. The van der Waals surface area contributed by atoms with Gasteiger partial charge in [-0.25, -0.2) is 9.18 Å². The maximum absolute atomic E-state index is 13.7. The lowest BCUT2D eigenvalue weighted by molar-refractivity contribution is 0.0693. The molecule has 1 heterocycles. The van der Waals surface area contributed by atoms with E-state index in [0.717, 1.165) is 25.7 Å². The van der Waals surface area contributed by atoms with E-state index in [2.05, 4.69) is 0 Å². The lowest BCUT2D eigenvalue weighted by atomic mass is 9.99. The van der Waals surface area contributed by atoms with Crippen LogP contribution in [0.4, 0.5) is 4.39 Å². The van der Waals surface area contributed by atoms with E-state index in [9.17, 15) is 14.3 Å². The highest BCUT2D eigenvalue weighted by Gasteiger charge is 2.18. The molecule has 0 saturated carbocycles.